The molecule has 1 fully saturated rings. The molecule has 268 valence electrons. The average molecular weight is 683 g/mol. The fraction of sp³-hybridized carbons (Fsp3) is 0.487. The Labute approximate surface area is 296 Å². The largest absolute Gasteiger partial charge is 0.381 e. The van der Waals surface area contributed by atoms with Gasteiger partial charge in [0.2, 0.25) is 11.8 Å². The standard InChI is InChI=1S/C39H54N8O3/c1-7-35-33(38(43-31-14-18-50-19-15-31)34-25-42-47(8-2)39(34)44-35)24-41-37(49)22-36(48)40-23-28-13-12-27(3)32(21-28)30-11-9-10-29(20-30)26-46(6)17-16-45(4)5/h9-13,20-21,25,31H,7-8,14-19,22-24,26H2,1-6H3,(H,40,48)(H,41,49)(H,43,44). The van der Waals surface area contributed by atoms with E-state index in [1.165, 1.54) is 11.1 Å². The lowest BCUT2D eigenvalue weighted by atomic mass is 9.96. The molecule has 0 unspecified atom stereocenters. The number of aryl methyl sites for hydroxylation is 3. The smallest absolute Gasteiger partial charge is 0.229 e. The van der Waals surface area contributed by atoms with Crippen molar-refractivity contribution in [2.24, 2.45) is 0 Å². The Hall–Kier alpha value is -4.32. The third kappa shape index (κ3) is 9.68. The van der Waals surface area contributed by atoms with Crippen LogP contribution in [0.15, 0.2) is 48.7 Å². The van der Waals surface area contributed by atoms with Crippen molar-refractivity contribution in [1.29, 1.82) is 0 Å². The van der Waals surface area contributed by atoms with Crippen molar-refractivity contribution in [2.45, 2.75) is 78.7 Å². The van der Waals surface area contributed by atoms with Crippen LogP contribution in [0.4, 0.5) is 5.69 Å². The van der Waals surface area contributed by atoms with E-state index < -0.39 is 0 Å². The minimum absolute atomic E-state index is 0.254. The minimum atomic E-state index is -0.331. The maximum absolute atomic E-state index is 13.1. The molecule has 0 bridgehead atoms. The Morgan fingerprint density at radius 2 is 1.72 bits per heavy atom. The van der Waals surface area contributed by atoms with Gasteiger partial charge in [0.15, 0.2) is 5.65 Å². The highest BCUT2D eigenvalue weighted by atomic mass is 16.5. The number of nitrogens with zero attached hydrogens (tertiary/aromatic N) is 5. The van der Waals surface area contributed by atoms with Crippen LogP contribution in [0.2, 0.25) is 0 Å². The summed E-state index contributed by atoms with van der Waals surface area (Å²) in [5.74, 6) is -0.649. The van der Waals surface area contributed by atoms with E-state index in [0.29, 0.717) is 32.7 Å². The number of benzene rings is 2. The van der Waals surface area contributed by atoms with Gasteiger partial charge in [-0.1, -0.05) is 37.3 Å². The number of hydrogen-bond donors (Lipinski definition) is 3. The number of pyridine rings is 1. The SMILES string of the molecule is CCc1nc2c(cnn2CC)c(NC2CCOCC2)c1CNC(=O)CC(=O)NCc1ccc(C)c(-c2cccc(CN(C)CCN(C)C)c2)c1. The van der Waals surface area contributed by atoms with E-state index in [0.717, 1.165) is 77.1 Å². The number of carbonyl (C=O) groups excluding carboxylic acids is 2. The molecule has 0 saturated carbocycles. The van der Waals surface area contributed by atoms with Crippen LogP contribution >= 0.6 is 0 Å². The Morgan fingerprint density at radius 1 is 0.960 bits per heavy atom. The topological polar surface area (TPSA) is 117 Å². The molecule has 0 radical (unpaired) electrons. The molecule has 0 aliphatic carbocycles. The van der Waals surface area contributed by atoms with Crippen LogP contribution in [0.5, 0.6) is 0 Å². The summed E-state index contributed by atoms with van der Waals surface area (Å²) in [6.07, 6.45) is 4.11. The van der Waals surface area contributed by atoms with E-state index in [2.05, 4.69) is 109 Å². The molecule has 1 aliphatic rings. The fourth-order valence-corrected chi connectivity index (χ4v) is 6.45. The molecule has 3 N–H and O–H groups in total. The number of nitrogens with one attached hydrogen (secondary N) is 3. The molecule has 3 heterocycles. The zero-order valence-corrected chi connectivity index (χ0v) is 30.6. The zero-order chi connectivity index (χ0) is 35.6. The number of anilines is 1. The van der Waals surface area contributed by atoms with Crippen LogP contribution < -0.4 is 16.0 Å². The van der Waals surface area contributed by atoms with Gasteiger partial charge in [-0.05, 0) is 94.2 Å². The van der Waals surface area contributed by atoms with Crippen molar-refractivity contribution >= 4 is 28.5 Å². The number of ether oxygens (including phenoxy) is 1. The highest BCUT2D eigenvalue weighted by Crippen LogP contribution is 2.31. The van der Waals surface area contributed by atoms with Crippen LogP contribution in [0.1, 0.15) is 61.1 Å². The number of carbonyl (C=O) groups is 2. The first-order valence-electron chi connectivity index (χ1n) is 17.9. The summed E-state index contributed by atoms with van der Waals surface area (Å²) in [4.78, 5) is 35.5. The quantitative estimate of drug-likeness (QED) is 0.143. The van der Waals surface area contributed by atoms with Crippen molar-refractivity contribution < 1.29 is 14.3 Å². The first-order valence-corrected chi connectivity index (χ1v) is 17.9. The van der Waals surface area contributed by atoms with Crippen LogP contribution in [-0.4, -0.2) is 89.9 Å². The van der Waals surface area contributed by atoms with E-state index in [9.17, 15) is 9.59 Å². The molecule has 1 aliphatic heterocycles. The Morgan fingerprint density at radius 3 is 2.44 bits per heavy atom. The number of rotatable bonds is 16. The summed E-state index contributed by atoms with van der Waals surface area (Å²) in [6.45, 7) is 11.9. The van der Waals surface area contributed by atoms with Gasteiger partial charge in [0, 0.05) is 69.8 Å². The predicted octanol–water partition coefficient (Wildman–Crippen LogP) is 4.90. The fourth-order valence-electron chi connectivity index (χ4n) is 6.45. The normalized spacial score (nSPS) is 13.7. The van der Waals surface area contributed by atoms with Crippen molar-refractivity contribution in [1.82, 2.24) is 35.2 Å². The molecule has 2 amide bonds. The third-order valence-electron chi connectivity index (χ3n) is 9.37. The molecule has 0 atom stereocenters. The van der Waals surface area contributed by atoms with Gasteiger partial charge in [0.05, 0.1) is 17.3 Å². The van der Waals surface area contributed by atoms with Crippen molar-refractivity contribution in [3.8, 4) is 11.1 Å². The summed E-state index contributed by atoms with van der Waals surface area (Å²) >= 11 is 0. The average Bonchev–Trinajstić information content (AvgIpc) is 3.53. The van der Waals surface area contributed by atoms with E-state index in [4.69, 9.17) is 9.72 Å². The maximum atomic E-state index is 13.1. The Bertz CT molecular complexity index is 1760. The monoisotopic (exact) mass is 682 g/mol. The number of likely N-dealkylation sites (N-methyl/N-ethyl adjacent to an activating group) is 2. The number of fused-ring (bicyclic) bond motifs is 1. The second-order valence-electron chi connectivity index (χ2n) is 13.6. The predicted molar refractivity (Wildman–Crippen MR) is 200 cm³/mol. The molecule has 11 nitrogen and oxygen atoms in total. The molecule has 50 heavy (non-hydrogen) atoms. The summed E-state index contributed by atoms with van der Waals surface area (Å²) in [7, 11) is 6.33. The maximum Gasteiger partial charge on any atom is 0.229 e. The molecule has 2 aromatic heterocycles. The number of aromatic nitrogens is 3. The lowest BCUT2D eigenvalue weighted by Gasteiger charge is -2.26. The lowest BCUT2D eigenvalue weighted by Crippen LogP contribution is -2.32. The molecule has 11 heteroatoms. The lowest BCUT2D eigenvalue weighted by molar-refractivity contribution is -0.129. The van der Waals surface area contributed by atoms with Crippen molar-refractivity contribution in [3.05, 3.63) is 76.6 Å². The van der Waals surface area contributed by atoms with Crippen LogP contribution in [-0.2, 0) is 46.9 Å². The van der Waals surface area contributed by atoms with Gasteiger partial charge in [-0.2, -0.15) is 5.10 Å². The van der Waals surface area contributed by atoms with E-state index in [1.807, 2.05) is 16.9 Å². The molecular weight excluding hydrogens is 628 g/mol. The molecule has 0 spiro atoms. The highest BCUT2D eigenvalue weighted by molar-refractivity contribution is 5.97. The Balaban J connectivity index is 1.20. The van der Waals surface area contributed by atoms with Crippen LogP contribution in [0, 0.1) is 6.92 Å². The number of hydrogen-bond acceptors (Lipinski definition) is 8. The van der Waals surface area contributed by atoms with Gasteiger partial charge in [-0.25, -0.2) is 9.67 Å². The minimum Gasteiger partial charge on any atom is -0.381 e. The Kier molecular flexibility index (Phi) is 13.0. The second kappa shape index (κ2) is 17.6. The van der Waals surface area contributed by atoms with E-state index in [-0.39, 0.29) is 30.8 Å². The van der Waals surface area contributed by atoms with E-state index in [1.54, 1.807) is 0 Å². The van der Waals surface area contributed by atoms with Crippen molar-refractivity contribution in [3.63, 3.8) is 0 Å². The van der Waals surface area contributed by atoms with Crippen LogP contribution in [0.25, 0.3) is 22.2 Å². The molecule has 2 aromatic carbocycles. The third-order valence-corrected chi connectivity index (χ3v) is 9.37. The van der Waals surface area contributed by atoms with Gasteiger partial charge in [0.25, 0.3) is 0 Å². The summed E-state index contributed by atoms with van der Waals surface area (Å²) in [6, 6.07) is 15.2. The summed E-state index contributed by atoms with van der Waals surface area (Å²) in [5.41, 5.74) is 9.35. The molecule has 1 saturated heterocycles. The van der Waals surface area contributed by atoms with E-state index >= 15 is 0 Å². The first-order chi connectivity index (χ1) is 24.1. The van der Waals surface area contributed by atoms with Gasteiger partial charge >= 0.3 is 0 Å². The van der Waals surface area contributed by atoms with Gasteiger partial charge < -0.3 is 30.5 Å². The second-order valence-corrected chi connectivity index (χ2v) is 13.6. The molecular formula is C39H54N8O3. The van der Waals surface area contributed by atoms with Gasteiger partial charge in [-0.15, -0.1) is 0 Å². The zero-order valence-electron chi connectivity index (χ0n) is 30.6. The first kappa shape index (κ1) is 36.9. The summed E-state index contributed by atoms with van der Waals surface area (Å²) < 4.78 is 7.48. The van der Waals surface area contributed by atoms with Crippen LogP contribution in [0.3, 0.4) is 0 Å². The molecule has 4 aromatic rings. The molecule has 5 rings (SSSR count). The summed E-state index contributed by atoms with van der Waals surface area (Å²) in [5, 5.41) is 15.2. The van der Waals surface area contributed by atoms with Gasteiger partial charge in [-0.3, -0.25) is 9.59 Å². The number of amides is 2. The highest BCUT2D eigenvalue weighted by Gasteiger charge is 2.22. The van der Waals surface area contributed by atoms with Gasteiger partial charge in [0.1, 0.15) is 6.42 Å². The van der Waals surface area contributed by atoms with Crippen molar-refractivity contribution in [2.75, 3.05) is 52.8 Å².